The van der Waals surface area contributed by atoms with Crippen molar-refractivity contribution in [1.29, 1.82) is 5.26 Å². The maximum absolute atomic E-state index is 9.84. The smallest absolute Gasteiger partial charge is 0.109 e. The lowest BCUT2D eigenvalue weighted by Crippen LogP contribution is -2.34. The molecule has 3 heterocycles. The Morgan fingerprint density at radius 1 is 1.10 bits per heavy atom. The molecule has 0 aliphatic carbocycles. The molecule has 10 heteroatoms. The average molecular weight is 592 g/mol. The molecule has 2 aromatic carbocycles. The van der Waals surface area contributed by atoms with E-state index in [9.17, 15) is 5.26 Å². The van der Waals surface area contributed by atoms with E-state index >= 15 is 0 Å². The maximum Gasteiger partial charge on any atom is 0.109 e. The molecule has 0 bridgehead atoms. The van der Waals surface area contributed by atoms with Crippen molar-refractivity contribution in [3.05, 3.63) is 75.7 Å². The standard InChI is InChI=1S/C31H36Cl2N8/c1-5-40-12-10-24(11-13-40)41-18-27(38-39-41)29(20-6-8-22(32)9-7-20)37-26-15-23(33)14-25-28(36-19-31(2,3)4)21(16-34)17-35-30(25)26/h6-9,14-15,17-18,24,29,37H,5,10-13,19H2,1-4H3,(H,35,36)/t29-/m0/s1. The minimum Gasteiger partial charge on any atom is -0.383 e. The number of aromatic nitrogens is 4. The lowest BCUT2D eigenvalue weighted by atomic mass is 9.96. The zero-order chi connectivity index (χ0) is 29.1. The number of benzene rings is 2. The van der Waals surface area contributed by atoms with Gasteiger partial charge < -0.3 is 15.5 Å². The Balaban J connectivity index is 1.54. The summed E-state index contributed by atoms with van der Waals surface area (Å²) >= 11 is 12.9. The zero-order valence-corrected chi connectivity index (χ0v) is 25.5. The first kappa shape index (κ1) is 29.1. The first-order valence-corrected chi connectivity index (χ1v) is 14.8. The molecule has 8 nitrogen and oxygen atoms in total. The first-order chi connectivity index (χ1) is 19.6. The van der Waals surface area contributed by atoms with Gasteiger partial charge in [0.15, 0.2) is 0 Å². The van der Waals surface area contributed by atoms with Gasteiger partial charge in [-0.3, -0.25) is 4.98 Å². The SMILES string of the molecule is CCN1CCC(n2cc([C@@H](Nc3cc(Cl)cc4c(NCC(C)(C)C)c(C#N)cnc34)c3ccc(Cl)cc3)nn2)CC1. The number of nitriles is 1. The molecule has 0 radical (unpaired) electrons. The van der Waals surface area contributed by atoms with Crippen molar-refractivity contribution < 1.29 is 0 Å². The summed E-state index contributed by atoms with van der Waals surface area (Å²) in [5, 5.41) is 28.1. The first-order valence-electron chi connectivity index (χ1n) is 14.1. The lowest BCUT2D eigenvalue weighted by Gasteiger charge is -2.30. The average Bonchev–Trinajstić information content (AvgIpc) is 3.44. The highest BCUT2D eigenvalue weighted by Crippen LogP contribution is 2.37. The molecule has 214 valence electrons. The van der Waals surface area contributed by atoms with Gasteiger partial charge in [-0.1, -0.05) is 68.2 Å². The van der Waals surface area contributed by atoms with Crippen molar-refractivity contribution in [1.82, 2.24) is 24.9 Å². The normalized spacial score (nSPS) is 15.5. The van der Waals surface area contributed by atoms with Crippen LogP contribution in [-0.2, 0) is 0 Å². The molecule has 0 unspecified atom stereocenters. The summed E-state index contributed by atoms with van der Waals surface area (Å²) in [6.07, 6.45) is 5.75. The van der Waals surface area contributed by atoms with Gasteiger partial charge >= 0.3 is 0 Å². The number of hydrogen-bond donors (Lipinski definition) is 2. The molecule has 0 spiro atoms. The van der Waals surface area contributed by atoms with Crippen LogP contribution < -0.4 is 10.6 Å². The third-order valence-electron chi connectivity index (χ3n) is 7.56. The van der Waals surface area contributed by atoms with Crippen molar-refractivity contribution >= 4 is 45.5 Å². The fourth-order valence-electron chi connectivity index (χ4n) is 5.25. The number of nitrogens with one attached hydrogen (secondary N) is 2. The highest BCUT2D eigenvalue weighted by molar-refractivity contribution is 6.32. The van der Waals surface area contributed by atoms with E-state index in [4.69, 9.17) is 28.2 Å². The Kier molecular flexibility index (Phi) is 8.69. The van der Waals surface area contributed by atoms with Crippen LogP contribution in [0.5, 0.6) is 0 Å². The summed E-state index contributed by atoms with van der Waals surface area (Å²) < 4.78 is 2.01. The molecule has 1 aliphatic heterocycles. The number of hydrogen-bond acceptors (Lipinski definition) is 7. The van der Waals surface area contributed by atoms with Gasteiger partial charge in [-0.05, 0) is 54.6 Å². The van der Waals surface area contributed by atoms with Crippen molar-refractivity contribution in [2.75, 3.05) is 36.8 Å². The van der Waals surface area contributed by atoms with Crippen LogP contribution >= 0.6 is 23.2 Å². The summed E-state index contributed by atoms with van der Waals surface area (Å²) in [6.45, 7) is 12.5. The summed E-state index contributed by atoms with van der Waals surface area (Å²) in [5.74, 6) is 0. The molecule has 0 saturated carbocycles. The summed E-state index contributed by atoms with van der Waals surface area (Å²) in [4.78, 5) is 7.16. The van der Waals surface area contributed by atoms with E-state index in [0.717, 1.165) is 60.5 Å². The lowest BCUT2D eigenvalue weighted by molar-refractivity contribution is 0.186. The van der Waals surface area contributed by atoms with Gasteiger partial charge in [0.05, 0.1) is 40.7 Å². The van der Waals surface area contributed by atoms with E-state index in [1.807, 2.05) is 47.3 Å². The molecule has 5 rings (SSSR count). The van der Waals surface area contributed by atoms with Crippen molar-refractivity contribution in [3.8, 4) is 6.07 Å². The Bertz CT molecular complexity index is 1540. The quantitative estimate of drug-likeness (QED) is 0.222. The van der Waals surface area contributed by atoms with Crippen LogP contribution in [0.1, 0.15) is 69.4 Å². The van der Waals surface area contributed by atoms with E-state index in [-0.39, 0.29) is 11.5 Å². The minimum absolute atomic E-state index is 0.0145. The van der Waals surface area contributed by atoms with Gasteiger partial charge in [-0.15, -0.1) is 5.10 Å². The molecule has 2 aromatic heterocycles. The van der Waals surface area contributed by atoms with Crippen LogP contribution in [-0.4, -0.2) is 51.1 Å². The van der Waals surface area contributed by atoms with Gasteiger partial charge in [-0.2, -0.15) is 5.26 Å². The largest absolute Gasteiger partial charge is 0.383 e. The van der Waals surface area contributed by atoms with Crippen LogP contribution in [0.3, 0.4) is 0 Å². The second-order valence-electron chi connectivity index (χ2n) is 11.8. The van der Waals surface area contributed by atoms with Gasteiger partial charge in [0.1, 0.15) is 11.8 Å². The summed E-state index contributed by atoms with van der Waals surface area (Å²) in [6, 6.07) is 13.7. The number of pyridine rings is 1. The molecule has 1 atom stereocenters. The van der Waals surface area contributed by atoms with Crippen molar-refractivity contribution in [3.63, 3.8) is 0 Å². The van der Waals surface area contributed by atoms with E-state index in [1.165, 1.54) is 0 Å². The number of anilines is 2. The Morgan fingerprint density at radius 2 is 1.83 bits per heavy atom. The van der Waals surface area contributed by atoms with Crippen LogP contribution in [0, 0.1) is 16.7 Å². The van der Waals surface area contributed by atoms with E-state index < -0.39 is 0 Å². The molecule has 2 N–H and O–H groups in total. The van der Waals surface area contributed by atoms with Crippen LogP contribution in [0.2, 0.25) is 10.0 Å². The number of halogens is 2. The fourth-order valence-corrected chi connectivity index (χ4v) is 5.59. The molecule has 1 aliphatic rings. The summed E-state index contributed by atoms with van der Waals surface area (Å²) in [5.41, 5.74) is 4.44. The van der Waals surface area contributed by atoms with Gasteiger partial charge in [0.2, 0.25) is 0 Å². The predicted molar refractivity (Wildman–Crippen MR) is 167 cm³/mol. The second-order valence-corrected chi connectivity index (χ2v) is 12.7. The molecular weight excluding hydrogens is 555 g/mol. The highest BCUT2D eigenvalue weighted by Gasteiger charge is 2.25. The Morgan fingerprint density at radius 3 is 2.49 bits per heavy atom. The molecule has 1 saturated heterocycles. The number of piperidine rings is 1. The summed E-state index contributed by atoms with van der Waals surface area (Å²) in [7, 11) is 0. The maximum atomic E-state index is 9.84. The van der Waals surface area contributed by atoms with E-state index in [1.54, 1.807) is 6.20 Å². The molecule has 0 amide bonds. The van der Waals surface area contributed by atoms with Crippen LogP contribution in [0.4, 0.5) is 11.4 Å². The number of nitrogens with zero attached hydrogens (tertiary/aromatic N) is 6. The number of rotatable bonds is 8. The van der Waals surface area contributed by atoms with E-state index in [2.05, 4.69) is 59.6 Å². The second kappa shape index (κ2) is 12.2. The monoisotopic (exact) mass is 590 g/mol. The highest BCUT2D eigenvalue weighted by atomic mass is 35.5. The third kappa shape index (κ3) is 6.75. The molecular formula is C31H36Cl2N8. The molecule has 41 heavy (non-hydrogen) atoms. The number of likely N-dealkylation sites (tertiary alicyclic amines) is 1. The topological polar surface area (TPSA) is 94.7 Å². The predicted octanol–water partition coefficient (Wildman–Crippen LogP) is 7.32. The van der Waals surface area contributed by atoms with Gasteiger partial charge in [0.25, 0.3) is 0 Å². The van der Waals surface area contributed by atoms with Crippen molar-refractivity contribution in [2.45, 2.75) is 52.6 Å². The van der Waals surface area contributed by atoms with E-state index in [0.29, 0.717) is 33.7 Å². The molecule has 4 aromatic rings. The molecule has 1 fully saturated rings. The van der Waals surface area contributed by atoms with Gasteiger partial charge in [-0.25, -0.2) is 4.68 Å². The minimum atomic E-state index is -0.332. The fraction of sp³-hybridized carbons (Fsp3) is 0.419. The third-order valence-corrected chi connectivity index (χ3v) is 8.03. The number of fused-ring (bicyclic) bond motifs is 1. The Labute approximate surface area is 251 Å². The Hall–Kier alpha value is -3.38. The zero-order valence-electron chi connectivity index (χ0n) is 24.0. The van der Waals surface area contributed by atoms with Gasteiger partial charge in [0, 0.05) is 41.3 Å². The van der Waals surface area contributed by atoms with Crippen molar-refractivity contribution in [2.24, 2.45) is 5.41 Å². The van der Waals surface area contributed by atoms with Crippen LogP contribution in [0.25, 0.3) is 10.9 Å². The van der Waals surface area contributed by atoms with Crippen LogP contribution in [0.15, 0.2) is 48.8 Å².